The summed E-state index contributed by atoms with van der Waals surface area (Å²) in [7, 11) is 4.26. The lowest BCUT2D eigenvalue weighted by Crippen LogP contribution is -2.16. The van der Waals surface area contributed by atoms with Crippen LogP contribution in [0.15, 0.2) is 46.2 Å². The maximum Gasteiger partial charge on any atom is 0.0527 e. The van der Waals surface area contributed by atoms with Crippen molar-refractivity contribution in [2.75, 3.05) is 42.3 Å². The highest BCUT2D eigenvalue weighted by molar-refractivity contribution is 8.93. The van der Waals surface area contributed by atoms with E-state index in [9.17, 15) is 0 Å². The number of rotatable bonds is 4. The quantitative estimate of drug-likeness (QED) is 0.502. The molecule has 1 N–H and O–H groups in total. The number of fused-ring (bicyclic) bond motifs is 2. The normalized spacial score (nSPS) is 11.2. The molecule has 0 radical (unpaired) electrons. The van der Waals surface area contributed by atoms with Gasteiger partial charge in [-0.2, -0.15) is 0 Å². The molecule has 2 aromatic carbocycles. The lowest BCUT2D eigenvalue weighted by molar-refractivity contribution is 0.963. The molecule has 0 fully saturated rings. The van der Waals surface area contributed by atoms with Crippen molar-refractivity contribution in [3.63, 3.8) is 0 Å². The molecule has 3 nitrogen and oxygen atoms in total. The van der Waals surface area contributed by atoms with Crippen molar-refractivity contribution in [3.8, 4) is 0 Å². The van der Waals surface area contributed by atoms with E-state index >= 15 is 0 Å². The average molecular weight is 475 g/mol. The van der Waals surface area contributed by atoms with E-state index < -0.39 is 0 Å². The smallest absolute Gasteiger partial charge is 0.0527 e. The summed E-state index contributed by atoms with van der Waals surface area (Å²) in [6.07, 6.45) is 0. The van der Waals surface area contributed by atoms with Crippen molar-refractivity contribution in [3.05, 3.63) is 36.4 Å². The molecule has 132 valence electrons. The van der Waals surface area contributed by atoms with E-state index in [-0.39, 0.29) is 34.0 Å². The lowest BCUT2D eigenvalue weighted by Gasteiger charge is -2.25. The predicted octanol–water partition coefficient (Wildman–Crippen LogP) is 5.96. The Hall–Kier alpha value is -0.850. The third-order valence-electron chi connectivity index (χ3n) is 4.25. The highest BCUT2D eigenvalue weighted by Gasteiger charge is 2.17. The van der Waals surface area contributed by atoms with Crippen LogP contribution in [0.1, 0.15) is 13.8 Å². The van der Waals surface area contributed by atoms with Gasteiger partial charge < -0.3 is 15.1 Å². The van der Waals surface area contributed by atoms with Crippen LogP contribution < -0.4 is 15.1 Å². The summed E-state index contributed by atoms with van der Waals surface area (Å²) < 4.78 is 0. The summed E-state index contributed by atoms with van der Waals surface area (Å²) in [6.45, 7) is 6.37. The molecule has 1 aliphatic rings. The fourth-order valence-corrected chi connectivity index (χ4v) is 3.56. The Labute approximate surface area is 170 Å². The number of benzene rings is 2. The van der Waals surface area contributed by atoms with Crippen LogP contribution in [0.25, 0.3) is 0 Å². The topological polar surface area (TPSA) is 18.5 Å². The first-order valence-corrected chi connectivity index (χ1v) is 8.59. The number of hydrogen-bond donors (Lipinski definition) is 1. The van der Waals surface area contributed by atoms with Gasteiger partial charge in [0.2, 0.25) is 0 Å². The summed E-state index contributed by atoms with van der Waals surface area (Å²) in [6, 6.07) is 13.3. The van der Waals surface area contributed by atoms with E-state index in [1.165, 1.54) is 32.5 Å². The number of halogens is 2. The van der Waals surface area contributed by atoms with Crippen LogP contribution in [-0.2, 0) is 0 Å². The van der Waals surface area contributed by atoms with Gasteiger partial charge in [-0.15, -0.1) is 34.0 Å². The molecule has 0 atom stereocenters. The van der Waals surface area contributed by atoms with Crippen LogP contribution in [0, 0.1) is 0 Å². The van der Waals surface area contributed by atoms with Crippen LogP contribution in [-0.4, -0.2) is 27.2 Å². The van der Waals surface area contributed by atoms with E-state index in [0.717, 1.165) is 13.1 Å². The van der Waals surface area contributed by atoms with Gasteiger partial charge in [-0.25, -0.2) is 0 Å². The monoisotopic (exact) mass is 473 g/mol. The third kappa shape index (κ3) is 4.21. The zero-order valence-corrected chi connectivity index (χ0v) is 18.7. The molecule has 24 heavy (non-hydrogen) atoms. The summed E-state index contributed by atoms with van der Waals surface area (Å²) in [5, 5.41) is 3.55. The molecule has 0 spiro atoms. The molecule has 1 aliphatic heterocycles. The van der Waals surface area contributed by atoms with Crippen LogP contribution >= 0.6 is 45.7 Å². The highest BCUT2D eigenvalue weighted by atomic mass is 79.9. The number of nitrogens with zero attached hydrogens (tertiary/aromatic N) is 2. The third-order valence-corrected chi connectivity index (χ3v) is 5.37. The van der Waals surface area contributed by atoms with Crippen molar-refractivity contribution in [1.82, 2.24) is 0 Å². The molecule has 0 saturated carbocycles. The zero-order chi connectivity index (χ0) is 15.7. The minimum atomic E-state index is 0. The Bertz CT molecular complexity index is 636. The minimum absolute atomic E-state index is 0. The minimum Gasteiger partial charge on any atom is -0.375 e. The molecule has 1 heterocycles. The molecular weight excluding hydrogens is 450 g/mol. The molecule has 0 aromatic heterocycles. The second-order valence-corrected chi connectivity index (χ2v) is 6.70. The van der Waals surface area contributed by atoms with Crippen LogP contribution in [0.4, 0.5) is 22.7 Å². The number of hydrogen-bond acceptors (Lipinski definition) is 4. The molecule has 0 unspecified atom stereocenters. The molecule has 0 saturated heterocycles. The molecule has 6 heteroatoms. The van der Waals surface area contributed by atoms with Crippen LogP contribution in [0.3, 0.4) is 0 Å². The lowest BCUT2D eigenvalue weighted by atomic mass is 10.2. The van der Waals surface area contributed by atoms with Gasteiger partial charge in [0.1, 0.15) is 0 Å². The molecular formula is C18H25Br2N3S. The second kappa shape index (κ2) is 9.02. The summed E-state index contributed by atoms with van der Waals surface area (Å²) >= 11 is 1.85. The second-order valence-electron chi connectivity index (χ2n) is 5.62. The van der Waals surface area contributed by atoms with Crippen molar-refractivity contribution < 1.29 is 0 Å². The van der Waals surface area contributed by atoms with Crippen molar-refractivity contribution in [2.24, 2.45) is 0 Å². The molecule has 3 rings (SSSR count). The molecule has 0 bridgehead atoms. The Morgan fingerprint density at radius 3 is 1.58 bits per heavy atom. The van der Waals surface area contributed by atoms with E-state index in [1.54, 1.807) is 0 Å². The van der Waals surface area contributed by atoms with E-state index in [4.69, 9.17) is 0 Å². The zero-order valence-electron chi connectivity index (χ0n) is 14.5. The Morgan fingerprint density at radius 2 is 1.21 bits per heavy atom. The van der Waals surface area contributed by atoms with E-state index in [0.29, 0.717) is 0 Å². The fraction of sp³-hybridized carbons (Fsp3) is 0.333. The maximum atomic E-state index is 3.55. The average Bonchev–Trinajstić information content (AvgIpc) is 2.57. The fourth-order valence-electron chi connectivity index (χ4n) is 2.50. The molecule has 0 aliphatic carbocycles. The first-order chi connectivity index (χ1) is 10.6. The first-order valence-electron chi connectivity index (χ1n) is 7.77. The van der Waals surface area contributed by atoms with Crippen molar-refractivity contribution in [2.45, 2.75) is 23.6 Å². The van der Waals surface area contributed by atoms with Crippen molar-refractivity contribution in [1.29, 1.82) is 0 Å². The number of anilines is 4. The standard InChI is InChI=1S/C18H23N3S.2BrH/c1-5-20(3)13-7-9-15-17(11-13)22-18-12-14(21(4)6-2)8-10-16(18)19-15;;/h7-12,19H,5-6H2,1-4H3;2*1H. The van der Waals surface area contributed by atoms with Gasteiger partial charge in [0.15, 0.2) is 0 Å². The highest BCUT2D eigenvalue weighted by Crippen LogP contribution is 2.46. The van der Waals surface area contributed by atoms with Gasteiger partial charge in [0.25, 0.3) is 0 Å². The van der Waals surface area contributed by atoms with Gasteiger partial charge in [-0.05, 0) is 50.2 Å². The Kier molecular flexibility index (Phi) is 7.96. The Morgan fingerprint density at radius 1 is 0.792 bits per heavy atom. The number of nitrogens with one attached hydrogen (secondary N) is 1. The SMILES string of the molecule is Br.Br.CCN(C)c1ccc2c(c1)Sc1cc(N(C)CC)ccc1N2. The summed E-state index contributed by atoms with van der Waals surface area (Å²) in [5.74, 6) is 0. The van der Waals surface area contributed by atoms with Gasteiger partial charge in [-0.1, -0.05) is 11.8 Å². The van der Waals surface area contributed by atoms with E-state index in [2.05, 4.69) is 79.5 Å². The first kappa shape index (κ1) is 21.2. The van der Waals surface area contributed by atoms with Gasteiger partial charge in [-0.3, -0.25) is 0 Å². The van der Waals surface area contributed by atoms with Crippen LogP contribution in [0.2, 0.25) is 0 Å². The van der Waals surface area contributed by atoms with Gasteiger partial charge in [0, 0.05) is 48.4 Å². The Balaban J connectivity index is 0.00000144. The van der Waals surface area contributed by atoms with Crippen LogP contribution in [0.5, 0.6) is 0 Å². The predicted molar refractivity (Wildman–Crippen MR) is 119 cm³/mol. The summed E-state index contributed by atoms with van der Waals surface area (Å²) in [4.78, 5) is 7.11. The molecule has 0 amide bonds. The van der Waals surface area contributed by atoms with Crippen molar-refractivity contribution >= 4 is 68.5 Å². The van der Waals surface area contributed by atoms with E-state index in [1.807, 2.05) is 11.8 Å². The largest absolute Gasteiger partial charge is 0.375 e. The maximum absolute atomic E-state index is 3.55. The molecule has 2 aromatic rings. The van der Waals surface area contributed by atoms with Gasteiger partial charge in [0.05, 0.1) is 11.4 Å². The summed E-state index contributed by atoms with van der Waals surface area (Å²) in [5.41, 5.74) is 4.92. The van der Waals surface area contributed by atoms with Gasteiger partial charge >= 0.3 is 0 Å².